The van der Waals surface area contributed by atoms with E-state index >= 15 is 0 Å². The number of methoxy groups -OCH3 is 2. The zero-order chi connectivity index (χ0) is 19.8. The lowest BCUT2D eigenvalue weighted by atomic mass is 10.1. The molecule has 7 nitrogen and oxygen atoms in total. The molecule has 0 aliphatic rings. The number of ether oxygens (including phenoxy) is 2. The predicted molar refractivity (Wildman–Crippen MR) is 106 cm³/mol. The van der Waals surface area contributed by atoms with Crippen LogP contribution < -0.4 is 10.1 Å². The normalized spacial score (nSPS) is 10.5. The van der Waals surface area contributed by atoms with Crippen LogP contribution in [-0.4, -0.2) is 43.5 Å². The highest BCUT2D eigenvalue weighted by Crippen LogP contribution is 2.30. The number of carbonyl (C=O) groups excluding carboxylic acids is 1. The van der Waals surface area contributed by atoms with Crippen LogP contribution in [0.25, 0.3) is 11.3 Å². The first-order chi connectivity index (χ1) is 13.7. The largest absolute Gasteiger partial charge is 0.496 e. The van der Waals surface area contributed by atoms with E-state index in [4.69, 9.17) is 14.0 Å². The summed E-state index contributed by atoms with van der Waals surface area (Å²) in [6.07, 6.45) is 0. The summed E-state index contributed by atoms with van der Waals surface area (Å²) in [5, 5.41) is 6.99. The van der Waals surface area contributed by atoms with Crippen molar-refractivity contribution in [2.75, 3.05) is 32.7 Å². The molecule has 3 rings (SSSR count). The smallest absolute Gasteiger partial charge is 0.322 e. The van der Waals surface area contributed by atoms with Gasteiger partial charge in [0.2, 0.25) is 0 Å². The van der Waals surface area contributed by atoms with Crippen molar-refractivity contribution < 1.29 is 18.8 Å². The number of nitrogens with one attached hydrogen (secondary N) is 1. The van der Waals surface area contributed by atoms with Crippen molar-refractivity contribution in [1.29, 1.82) is 0 Å². The van der Waals surface area contributed by atoms with E-state index in [-0.39, 0.29) is 6.03 Å². The van der Waals surface area contributed by atoms with Crippen LogP contribution in [0.1, 0.15) is 5.69 Å². The Morgan fingerprint density at radius 2 is 1.86 bits per heavy atom. The van der Waals surface area contributed by atoms with Gasteiger partial charge in [-0.25, -0.2) is 4.79 Å². The van der Waals surface area contributed by atoms with Gasteiger partial charge in [0, 0.05) is 25.4 Å². The Morgan fingerprint density at radius 3 is 2.61 bits per heavy atom. The minimum atomic E-state index is -0.231. The fourth-order valence-corrected chi connectivity index (χ4v) is 2.73. The molecule has 0 radical (unpaired) electrons. The Hall–Kier alpha value is -3.32. The highest BCUT2D eigenvalue weighted by Gasteiger charge is 2.18. The summed E-state index contributed by atoms with van der Waals surface area (Å²) < 4.78 is 16.0. The highest BCUT2D eigenvalue weighted by atomic mass is 16.5. The van der Waals surface area contributed by atoms with Gasteiger partial charge in [0.15, 0.2) is 5.76 Å². The Bertz CT molecular complexity index is 895. The van der Waals surface area contributed by atoms with Crippen molar-refractivity contribution in [3.63, 3.8) is 0 Å². The van der Waals surface area contributed by atoms with E-state index in [0.717, 1.165) is 11.3 Å². The molecule has 1 heterocycles. The van der Waals surface area contributed by atoms with Gasteiger partial charge >= 0.3 is 6.03 Å². The maximum atomic E-state index is 12.7. The lowest BCUT2D eigenvalue weighted by molar-refractivity contribution is 0.151. The van der Waals surface area contributed by atoms with Crippen molar-refractivity contribution in [3.05, 3.63) is 66.4 Å². The summed E-state index contributed by atoms with van der Waals surface area (Å²) in [5.74, 6) is 1.28. The van der Waals surface area contributed by atoms with Crippen molar-refractivity contribution in [3.8, 4) is 17.1 Å². The minimum absolute atomic E-state index is 0.231. The number of urea groups is 1. The first-order valence-electron chi connectivity index (χ1n) is 8.90. The number of anilines is 1. The molecule has 2 amide bonds. The first kappa shape index (κ1) is 19.4. The number of benzene rings is 2. The quantitative estimate of drug-likeness (QED) is 0.637. The molecule has 0 atom stereocenters. The molecule has 0 bridgehead atoms. The molecule has 28 heavy (non-hydrogen) atoms. The third-order valence-corrected chi connectivity index (χ3v) is 4.16. The molecule has 0 aliphatic heterocycles. The molecule has 0 saturated carbocycles. The molecule has 2 aromatic carbocycles. The number of rotatable bonds is 8. The Labute approximate surface area is 163 Å². The third-order valence-electron chi connectivity index (χ3n) is 4.16. The molecule has 0 saturated heterocycles. The molecule has 0 aliphatic carbocycles. The fourth-order valence-electron chi connectivity index (χ4n) is 2.73. The van der Waals surface area contributed by atoms with Gasteiger partial charge in [-0.05, 0) is 24.3 Å². The molecule has 146 valence electrons. The highest BCUT2D eigenvalue weighted by molar-refractivity contribution is 5.89. The SMILES string of the molecule is COCCN(Cc1cc(-c2ccccc2OC)on1)C(=O)Nc1ccccc1. The second-order valence-corrected chi connectivity index (χ2v) is 6.09. The van der Waals surface area contributed by atoms with Gasteiger partial charge in [0.1, 0.15) is 11.4 Å². The van der Waals surface area contributed by atoms with Crippen LogP contribution >= 0.6 is 0 Å². The monoisotopic (exact) mass is 381 g/mol. The van der Waals surface area contributed by atoms with Crippen LogP contribution in [0.2, 0.25) is 0 Å². The van der Waals surface area contributed by atoms with Crippen LogP contribution in [-0.2, 0) is 11.3 Å². The molecule has 1 aromatic heterocycles. The number of hydrogen-bond acceptors (Lipinski definition) is 5. The average Bonchev–Trinajstić information content (AvgIpc) is 3.20. The van der Waals surface area contributed by atoms with E-state index in [1.807, 2.05) is 60.7 Å². The Balaban J connectivity index is 1.74. The molecular formula is C21H23N3O4. The molecule has 1 N–H and O–H groups in total. The predicted octanol–water partition coefficient (Wildman–Crippen LogP) is 4.03. The van der Waals surface area contributed by atoms with E-state index in [9.17, 15) is 4.79 Å². The Kier molecular flexibility index (Phi) is 6.64. The second kappa shape index (κ2) is 9.57. The van der Waals surface area contributed by atoms with Crippen LogP contribution in [0.4, 0.5) is 10.5 Å². The Morgan fingerprint density at radius 1 is 1.11 bits per heavy atom. The van der Waals surface area contributed by atoms with Gasteiger partial charge in [0.05, 0.1) is 25.8 Å². The summed E-state index contributed by atoms with van der Waals surface area (Å²) in [5.41, 5.74) is 2.17. The van der Waals surface area contributed by atoms with Gasteiger partial charge in [-0.2, -0.15) is 0 Å². The van der Waals surface area contributed by atoms with Crippen molar-refractivity contribution >= 4 is 11.7 Å². The lowest BCUT2D eigenvalue weighted by Crippen LogP contribution is -2.36. The van der Waals surface area contributed by atoms with Gasteiger partial charge in [-0.3, -0.25) is 0 Å². The van der Waals surface area contributed by atoms with Crippen LogP contribution in [0.5, 0.6) is 5.75 Å². The lowest BCUT2D eigenvalue weighted by Gasteiger charge is -2.21. The minimum Gasteiger partial charge on any atom is -0.496 e. The first-order valence-corrected chi connectivity index (χ1v) is 8.90. The van der Waals surface area contributed by atoms with E-state index in [1.165, 1.54) is 0 Å². The maximum absolute atomic E-state index is 12.7. The fraction of sp³-hybridized carbons (Fsp3) is 0.238. The van der Waals surface area contributed by atoms with Gasteiger partial charge in [-0.15, -0.1) is 0 Å². The zero-order valence-electron chi connectivity index (χ0n) is 15.9. The summed E-state index contributed by atoms with van der Waals surface area (Å²) >= 11 is 0. The number of para-hydroxylation sites is 2. The molecule has 3 aromatic rings. The van der Waals surface area contributed by atoms with Crippen LogP contribution in [0, 0.1) is 0 Å². The molecular weight excluding hydrogens is 358 g/mol. The number of carbonyl (C=O) groups is 1. The molecule has 0 fully saturated rings. The zero-order valence-corrected chi connectivity index (χ0v) is 15.9. The number of aromatic nitrogens is 1. The van der Waals surface area contributed by atoms with Gasteiger partial charge in [0.25, 0.3) is 0 Å². The number of nitrogens with zero attached hydrogens (tertiary/aromatic N) is 2. The summed E-state index contributed by atoms with van der Waals surface area (Å²) in [6, 6.07) is 18.4. The topological polar surface area (TPSA) is 76.8 Å². The number of hydrogen-bond donors (Lipinski definition) is 1. The van der Waals surface area contributed by atoms with Crippen LogP contribution in [0.15, 0.2) is 65.2 Å². The number of amides is 2. The van der Waals surface area contributed by atoms with E-state index in [1.54, 1.807) is 19.1 Å². The molecule has 0 spiro atoms. The van der Waals surface area contributed by atoms with Crippen molar-refractivity contribution in [2.45, 2.75) is 6.54 Å². The van der Waals surface area contributed by atoms with E-state index < -0.39 is 0 Å². The van der Waals surface area contributed by atoms with Crippen molar-refractivity contribution in [2.24, 2.45) is 0 Å². The average molecular weight is 381 g/mol. The van der Waals surface area contributed by atoms with Crippen LogP contribution in [0.3, 0.4) is 0 Å². The van der Waals surface area contributed by atoms with E-state index in [2.05, 4.69) is 10.5 Å². The third kappa shape index (κ3) is 4.89. The van der Waals surface area contributed by atoms with Crippen molar-refractivity contribution in [1.82, 2.24) is 10.1 Å². The molecule has 7 heteroatoms. The maximum Gasteiger partial charge on any atom is 0.322 e. The van der Waals surface area contributed by atoms with Gasteiger partial charge in [-0.1, -0.05) is 35.5 Å². The summed E-state index contributed by atoms with van der Waals surface area (Å²) in [6.45, 7) is 1.13. The summed E-state index contributed by atoms with van der Waals surface area (Å²) in [7, 11) is 3.21. The van der Waals surface area contributed by atoms with E-state index in [0.29, 0.717) is 36.9 Å². The second-order valence-electron chi connectivity index (χ2n) is 6.09. The standard InChI is InChI=1S/C21H23N3O4/c1-26-13-12-24(21(25)22-16-8-4-3-5-9-16)15-17-14-20(28-23-17)18-10-6-7-11-19(18)27-2/h3-11,14H,12-13,15H2,1-2H3,(H,22,25). The summed E-state index contributed by atoms with van der Waals surface area (Å²) in [4.78, 5) is 14.3. The molecule has 0 unspecified atom stereocenters. The van der Waals surface area contributed by atoms with Gasteiger partial charge < -0.3 is 24.2 Å².